The Labute approximate surface area is 163 Å². The fourth-order valence-electron chi connectivity index (χ4n) is 2.72. The van der Waals surface area contributed by atoms with Crippen molar-refractivity contribution in [1.82, 2.24) is 0 Å². The lowest BCUT2D eigenvalue weighted by Crippen LogP contribution is -2.32. The summed E-state index contributed by atoms with van der Waals surface area (Å²) in [6, 6.07) is 2.91. The van der Waals surface area contributed by atoms with E-state index < -0.39 is 30.1 Å². The number of hydrogen-bond donors (Lipinski definition) is 3. The molecule has 0 aliphatic carbocycles. The van der Waals surface area contributed by atoms with Gasteiger partial charge in [0.15, 0.2) is 5.78 Å². The fourth-order valence-corrected chi connectivity index (χ4v) is 2.72. The summed E-state index contributed by atoms with van der Waals surface area (Å²) in [6.45, 7) is 5.57. The molecule has 7 heteroatoms. The van der Waals surface area contributed by atoms with Crippen LogP contribution in [0.3, 0.4) is 0 Å². The lowest BCUT2D eigenvalue weighted by atomic mass is 9.99. The maximum atomic E-state index is 12.7. The molecule has 1 aliphatic heterocycles. The monoisotopic (exact) mass is 390 g/mol. The Kier molecular flexibility index (Phi) is 7.37. The van der Waals surface area contributed by atoms with Crippen molar-refractivity contribution in [2.75, 3.05) is 6.61 Å². The molecule has 152 valence electrons. The fraction of sp³-hybridized carbons (Fsp3) is 0.429. The molecule has 0 fully saturated rings. The van der Waals surface area contributed by atoms with Crippen molar-refractivity contribution < 1.29 is 34.4 Å². The number of carbonyl (C=O) groups is 2. The van der Waals surface area contributed by atoms with Crippen molar-refractivity contribution in [2.24, 2.45) is 5.92 Å². The summed E-state index contributed by atoms with van der Waals surface area (Å²) < 4.78 is 10.8. The third-order valence-corrected chi connectivity index (χ3v) is 4.57. The number of aromatic hydroxyl groups is 1. The number of aliphatic hydroxyl groups excluding tert-OH is 2. The van der Waals surface area contributed by atoms with Gasteiger partial charge in [-0.2, -0.15) is 0 Å². The Morgan fingerprint density at radius 1 is 1.18 bits per heavy atom. The van der Waals surface area contributed by atoms with Crippen LogP contribution in [-0.4, -0.2) is 52.0 Å². The molecule has 1 aromatic carbocycles. The molecule has 1 aliphatic rings. The first-order valence-electron chi connectivity index (χ1n) is 9.20. The number of benzene rings is 1. The van der Waals surface area contributed by atoms with E-state index in [2.05, 4.69) is 0 Å². The second-order valence-electron chi connectivity index (χ2n) is 6.72. The van der Waals surface area contributed by atoms with Crippen LogP contribution in [0.4, 0.5) is 0 Å². The zero-order valence-corrected chi connectivity index (χ0v) is 16.2. The summed E-state index contributed by atoms with van der Waals surface area (Å²) in [5, 5.41) is 30.4. The highest BCUT2D eigenvalue weighted by molar-refractivity contribution is 5.97. The highest BCUT2D eigenvalue weighted by Crippen LogP contribution is 2.31. The lowest BCUT2D eigenvalue weighted by Gasteiger charge is -2.20. The Morgan fingerprint density at radius 2 is 1.89 bits per heavy atom. The minimum atomic E-state index is -1.56. The molecule has 4 atom stereocenters. The molecule has 0 saturated heterocycles. The van der Waals surface area contributed by atoms with E-state index in [1.165, 1.54) is 30.4 Å². The van der Waals surface area contributed by atoms with Gasteiger partial charge in [0.2, 0.25) is 0 Å². The average molecular weight is 390 g/mol. The molecule has 7 nitrogen and oxygen atoms in total. The maximum absolute atomic E-state index is 12.7. The van der Waals surface area contributed by atoms with Crippen LogP contribution in [0.1, 0.15) is 43.1 Å². The van der Waals surface area contributed by atoms with Crippen LogP contribution in [0.2, 0.25) is 0 Å². The third-order valence-electron chi connectivity index (χ3n) is 4.57. The molecule has 3 N–H and O–H groups in total. The smallest absolute Gasteiger partial charge is 0.342 e. The summed E-state index contributed by atoms with van der Waals surface area (Å²) in [5.74, 6) is -1.58. The summed E-state index contributed by atoms with van der Waals surface area (Å²) in [4.78, 5) is 24.7. The number of carbonyl (C=O) groups excluding carboxylic acids is 2. The molecule has 0 radical (unpaired) electrons. The number of fused-ring (bicyclic) bond motifs is 1. The minimum absolute atomic E-state index is 0.0223. The number of hydrogen-bond acceptors (Lipinski definition) is 7. The predicted octanol–water partition coefficient (Wildman–Crippen LogP) is 2.24. The van der Waals surface area contributed by atoms with Crippen molar-refractivity contribution in [2.45, 2.75) is 45.5 Å². The number of phenolic OH excluding ortho intramolecular Hbond substituents is 1. The second-order valence-corrected chi connectivity index (χ2v) is 6.72. The van der Waals surface area contributed by atoms with Gasteiger partial charge < -0.3 is 24.8 Å². The maximum Gasteiger partial charge on any atom is 0.342 e. The van der Waals surface area contributed by atoms with E-state index in [4.69, 9.17) is 9.47 Å². The largest absolute Gasteiger partial charge is 0.507 e. The van der Waals surface area contributed by atoms with Crippen LogP contribution in [0.15, 0.2) is 30.4 Å². The van der Waals surface area contributed by atoms with Crippen molar-refractivity contribution in [3.8, 4) is 11.5 Å². The number of aliphatic hydroxyl groups is 2. The van der Waals surface area contributed by atoms with E-state index >= 15 is 0 Å². The standard InChI is InChI=1S/C21H26O7/c1-4-27-15-10-14-6-5-7-16(22)20(25)17(23)9-8-12(2)13(3)28-21(26)19(14)18(24)11-15/h5-6,8-13,16,20,22,24-25H,4,7H2,1-3H3/b6-5+,9-8-/t12-,13?,16?,20?/m1/s1. The first-order chi connectivity index (χ1) is 13.2. The van der Waals surface area contributed by atoms with Crippen LogP contribution < -0.4 is 4.74 Å². The third kappa shape index (κ3) is 5.21. The van der Waals surface area contributed by atoms with E-state index in [0.717, 1.165) is 0 Å². The quantitative estimate of drug-likeness (QED) is 0.664. The molecular formula is C21H26O7. The van der Waals surface area contributed by atoms with Gasteiger partial charge in [-0.1, -0.05) is 25.2 Å². The predicted molar refractivity (Wildman–Crippen MR) is 103 cm³/mol. The first-order valence-corrected chi connectivity index (χ1v) is 9.20. The molecule has 0 aromatic heterocycles. The highest BCUT2D eigenvalue weighted by Gasteiger charge is 2.25. The van der Waals surface area contributed by atoms with Gasteiger partial charge in [-0.15, -0.1) is 0 Å². The van der Waals surface area contributed by atoms with Crippen LogP contribution in [0.5, 0.6) is 11.5 Å². The van der Waals surface area contributed by atoms with E-state index in [9.17, 15) is 24.9 Å². The average Bonchev–Trinajstić information content (AvgIpc) is 2.64. The van der Waals surface area contributed by atoms with Crippen molar-refractivity contribution in [3.05, 3.63) is 41.5 Å². The Bertz CT molecular complexity index is 781. The molecule has 0 saturated carbocycles. The van der Waals surface area contributed by atoms with Crippen molar-refractivity contribution in [3.63, 3.8) is 0 Å². The number of rotatable bonds is 2. The number of phenols is 1. The Balaban J connectivity index is 2.50. The molecule has 0 amide bonds. The van der Waals surface area contributed by atoms with E-state index in [1.54, 1.807) is 26.8 Å². The summed E-state index contributed by atoms with van der Waals surface area (Å²) in [5.41, 5.74) is 0.319. The van der Waals surface area contributed by atoms with E-state index in [0.29, 0.717) is 17.9 Å². The van der Waals surface area contributed by atoms with Crippen LogP contribution in [-0.2, 0) is 9.53 Å². The number of ketones is 1. The summed E-state index contributed by atoms with van der Waals surface area (Å²) in [6.07, 6.45) is 2.22. The summed E-state index contributed by atoms with van der Waals surface area (Å²) in [7, 11) is 0. The SMILES string of the molecule is CCOc1cc(O)c2c(c1)/C=C/CC(O)C(O)C(=O)/C=C\[C@@H](C)C(C)OC2=O. The van der Waals surface area contributed by atoms with Gasteiger partial charge in [-0.3, -0.25) is 4.79 Å². The Morgan fingerprint density at radius 3 is 2.57 bits per heavy atom. The van der Waals surface area contributed by atoms with Crippen LogP contribution in [0.25, 0.3) is 6.08 Å². The van der Waals surface area contributed by atoms with Gasteiger partial charge in [0.05, 0.1) is 12.7 Å². The number of ether oxygens (including phenoxy) is 2. The highest BCUT2D eigenvalue weighted by atomic mass is 16.5. The van der Waals surface area contributed by atoms with E-state index in [1.807, 2.05) is 0 Å². The molecular weight excluding hydrogens is 364 g/mol. The van der Waals surface area contributed by atoms with Gasteiger partial charge in [0.1, 0.15) is 29.3 Å². The molecule has 2 rings (SSSR count). The number of esters is 1. The topological polar surface area (TPSA) is 113 Å². The van der Waals surface area contributed by atoms with Gasteiger partial charge in [-0.25, -0.2) is 4.79 Å². The van der Waals surface area contributed by atoms with Crippen molar-refractivity contribution >= 4 is 17.8 Å². The lowest BCUT2D eigenvalue weighted by molar-refractivity contribution is -0.127. The van der Waals surface area contributed by atoms with Gasteiger partial charge in [0, 0.05) is 12.0 Å². The normalized spacial score (nSPS) is 28.6. The van der Waals surface area contributed by atoms with Crippen molar-refractivity contribution in [1.29, 1.82) is 0 Å². The molecule has 3 unspecified atom stereocenters. The summed E-state index contributed by atoms with van der Waals surface area (Å²) >= 11 is 0. The van der Waals surface area contributed by atoms with E-state index in [-0.39, 0.29) is 23.7 Å². The molecule has 1 aromatic rings. The Hall–Kier alpha value is -2.64. The molecule has 0 spiro atoms. The van der Waals surface area contributed by atoms with Gasteiger partial charge in [-0.05, 0) is 38.0 Å². The van der Waals surface area contributed by atoms with Gasteiger partial charge >= 0.3 is 5.97 Å². The second kappa shape index (κ2) is 9.52. The number of cyclic esters (lactones) is 1. The van der Waals surface area contributed by atoms with Crippen LogP contribution in [0, 0.1) is 5.92 Å². The van der Waals surface area contributed by atoms with Gasteiger partial charge in [0.25, 0.3) is 0 Å². The minimum Gasteiger partial charge on any atom is -0.507 e. The zero-order chi connectivity index (χ0) is 20.8. The molecule has 1 heterocycles. The molecule has 0 bridgehead atoms. The zero-order valence-electron chi connectivity index (χ0n) is 16.2. The van der Waals surface area contributed by atoms with Crippen LogP contribution >= 0.6 is 0 Å². The first kappa shape index (κ1) is 21.7. The molecule has 28 heavy (non-hydrogen) atoms.